The molecular formula is C15H15N3O7S. The predicted molar refractivity (Wildman–Crippen MR) is 93.1 cm³/mol. The number of nitro benzene ring substituents is 1. The van der Waals surface area contributed by atoms with Crippen LogP contribution in [0.2, 0.25) is 0 Å². The smallest absolute Gasteiger partial charge is 0.344 e. The Morgan fingerprint density at radius 1 is 1.12 bits per heavy atom. The minimum atomic E-state index is -1.75. The second kappa shape index (κ2) is 10.6. The quantitative estimate of drug-likeness (QED) is 0.265. The molecule has 138 valence electrons. The largest absolute Gasteiger partial charge is 0.457 e. The monoisotopic (exact) mass is 381 g/mol. The number of pyridine rings is 1. The van der Waals surface area contributed by atoms with Gasteiger partial charge in [-0.15, -0.1) is 0 Å². The molecule has 0 spiro atoms. The minimum Gasteiger partial charge on any atom is -0.457 e. The van der Waals surface area contributed by atoms with Crippen LogP contribution in [0.4, 0.5) is 5.69 Å². The molecule has 0 atom stereocenters. The maximum Gasteiger partial charge on any atom is 0.344 e. The van der Waals surface area contributed by atoms with Crippen molar-refractivity contribution in [2.45, 2.75) is 13.2 Å². The van der Waals surface area contributed by atoms with Gasteiger partial charge in [-0.1, -0.05) is 0 Å². The van der Waals surface area contributed by atoms with Crippen molar-refractivity contribution in [3.05, 3.63) is 85.4 Å². The molecule has 0 saturated heterocycles. The van der Waals surface area contributed by atoms with Gasteiger partial charge in [0, 0.05) is 24.0 Å². The number of thiol groups is 1. The van der Waals surface area contributed by atoms with E-state index in [1.165, 1.54) is 12.1 Å². The zero-order valence-corrected chi connectivity index (χ0v) is 14.3. The molecule has 10 nitrogen and oxygen atoms in total. The highest BCUT2D eigenvalue weighted by atomic mass is 32.1. The summed E-state index contributed by atoms with van der Waals surface area (Å²) in [6, 6.07) is 9.34. The molecule has 1 heterocycles. The second-order valence-electron chi connectivity index (χ2n) is 4.78. The lowest BCUT2D eigenvalue weighted by Gasteiger charge is -2.04. The average molecular weight is 381 g/mol. The Hall–Kier alpha value is -3.21. The van der Waals surface area contributed by atoms with Crippen LogP contribution in [0.3, 0.4) is 0 Å². The lowest BCUT2D eigenvalue weighted by molar-refractivity contribution is -0.692. The molecule has 0 aliphatic rings. The summed E-state index contributed by atoms with van der Waals surface area (Å²) in [5.74, 6) is 0.234. The van der Waals surface area contributed by atoms with E-state index in [0.717, 1.165) is 0 Å². The van der Waals surface area contributed by atoms with Gasteiger partial charge in [0.1, 0.15) is 12.2 Å². The summed E-state index contributed by atoms with van der Waals surface area (Å²) in [7, 11) is 0. The molecular weight excluding hydrogens is 366 g/mol. The van der Waals surface area contributed by atoms with E-state index in [-0.39, 0.29) is 12.3 Å². The van der Waals surface area contributed by atoms with Crippen LogP contribution in [0.1, 0.15) is 15.9 Å². The third-order valence-corrected chi connectivity index (χ3v) is 3.17. The number of rotatable bonds is 6. The van der Waals surface area contributed by atoms with E-state index in [1.807, 2.05) is 10.8 Å². The fourth-order valence-corrected chi connectivity index (χ4v) is 2.07. The van der Waals surface area contributed by atoms with E-state index >= 15 is 0 Å². The summed E-state index contributed by atoms with van der Waals surface area (Å²) >= 11 is 4.14. The second-order valence-corrected chi connectivity index (χ2v) is 5.22. The van der Waals surface area contributed by atoms with Crippen molar-refractivity contribution in [1.29, 1.82) is 0 Å². The van der Waals surface area contributed by atoms with E-state index in [0.29, 0.717) is 23.4 Å². The van der Waals surface area contributed by atoms with Crippen molar-refractivity contribution in [2.24, 2.45) is 0 Å². The first-order valence-electron chi connectivity index (χ1n) is 7.15. The lowest BCUT2D eigenvalue weighted by atomic mass is 10.2. The van der Waals surface area contributed by atoms with Gasteiger partial charge in [0.05, 0.1) is 10.0 Å². The molecule has 1 aromatic carbocycles. The normalized spacial score (nSPS) is 9.58. The number of ether oxygens (including phenoxy) is 1. The number of hydrogen-bond acceptors (Lipinski definition) is 8. The maximum atomic E-state index is 12.0. The summed E-state index contributed by atoms with van der Waals surface area (Å²) in [6.45, 7) is 0.769. The fourth-order valence-electron chi connectivity index (χ4n) is 1.84. The van der Waals surface area contributed by atoms with Crippen LogP contribution >= 0.6 is 12.6 Å². The van der Waals surface area contributed by atoms with Gasteiger partial charge in [0.2, 0.25) is 0 Å². The number of carbonyl (C=O) groups excluding carboxylic acids is 1. The fraction of sp³-hybridized carbons (Fsp3) is 0.200. The third-order valence-electron chi connectivity index (χ3n) is 2.97. The Morgan fingerprint density at radius 3 is 2.27 bits per heavy atom. The van der Waals surface area contributed by atoms with Crippen LogP contribution in [0.15, 0.2) is 48.8 Å². The van der Waals surface area contributed by atoms with E-state index in [9.17, 15) is 14.9 Å². The number of nitrogens with zero attached hydrogens (tertiary/aromatic N) is 3. The van der Waals surface area contributed by atoms with Gasteiger partial charge in [-0.05, 0) is 23.8 Å². The van der Waals surface area contributed by atoms with Gasteiger partial charge < -0.3 is 20.1 Å². The number of esters is 1. The van der Waals surface area contributed by atoms with Gasteiger partial charge in [0.15, 0.2) is 18.9 Å². The van der Waals surface area contributed by atoms with Crippen LogP contribution in [0.25, 0.3) is 0 Å². The van der Waals surface area contributed by atoms with Crippen molar-refractivity contribution in [1.82, 2.24) is 0 Å². The molecule has 0 fully saturated rings. The third kappa shape index (κ3) is 7.57. The van der Waals surface area contributed by atoms with Gasteiger partial charge in [-0.2, -0.15) is 12.6 Å². The molecule has 11 heteroatoms. The standard InChI is InChI=1S/C15H14N2O4S.NO3/c18-15(13-2-1-7-16(10-13)8-9-22)21-11-12-3-5-14(6-4-12)17(19)20;2-1(3)4/h1-7,10H,8-9,11H2;/q;-1/p+1. The zero-order valence-electron chi connectivity index (χ0n) is 13.4. The van der Waals surface area contributed by atoms with Crippen molar-refractivity contribution >= 4 is 24.3 Å². The van der Waals surface area contributed by atoms with Crippen molar-refractivity contribution in [2.75, 3.05) is 5.75 Å². The number of aryl methyl sites for hydroxylation is 1. The molecule has 2 aromatic rings. The van der Waals surface area contributed by atoms with Crippen molar-refractivity contribution in [3.8, 4) is 0 Å². The summed E-state index contributed by atoms with van der Waals surface area (Å²) < 4.78 is 7.06. The van der Waals surface area contributed by atoms with Crippen LogP contribution in [0.5, 0.6) is 0 Å². The first kappa shape index (κ1) is 20.8. The lowest BCUT2D eigenvalue weighted by Crippen LogP contribution is -2.34. The molecule has 0 amide bonds. The highest BCUT2D eigenvalue weighted by Crippen LogP contribution is 2.13. The zero-order chi connectivity index (χ0) is 19.5. The Bertz CT molecular complexity index is 764. The summed E-state index contributed by atoms with van der Waals surface area (Å²) in [4.78, 5) is 30.3. The Balaban J connectivity index is 0.000000765. The highest BCUT2D eigenvalue weighted by molar-refractivity contribution is 7.80. The van der Waals surface area contributed by atoms with Crippen LogP contribution in [0, 0.1) is 25.4 Å². The van der Waals surface area contributed by atoms with E-state index in [4.69, 9.17) is 20.1 Å². The Morgan fingerprint density at radius 2 is 1.73 bits per heavy atom. The number of non-ortho nitro benzene ring substituents is 1. The van der Waals surface area contributed by atoms with E-state index < -0.39 is 16.0 Å². The molecule has 26 heavy (non-hydrogen) atoms. The summed E-state index contributed by atoms with van der Waals surface area (Å²) in [5, 5.41) is 25.3. The van der Waals surface area contributed by atoms with Gasteiger partial charge in [0.25, 0.3) is 5.69 Å². The van der Waals surface area contributed by atoms with Gasteiger partial charge in [-0.3, -0.25) is 10.1 Å². The van der Waals surface area contributed by atoms with Gasteiger partial charge >= 0.3 is 5.97 Å². The number of nitro groups is 1. The topological polar surface area (TPSA) is 140 Å². The van der Waals surface area contributed by atoms with Crippen LogP contribution in [-0.4, -0.2) is 21.7 Å². The molecule has 0 unspecified atom stereocenters. The number of aromatic nitrogens is 1. The molecule has 0 aliphatic carbocycles. The van der Waals surface area contributed by atoms with Gasteiger partial charge in [-0.25, -0.2) is 9.36 Å². The molecule has 1 aromatic heterocycles. The van der Waals surface area contributed by atoms with Crippen LogP contribution < -0.4 is 4.57 Å². The van der Waals surface area contributed by atoms with Crippen molar-refractivity contribution in [3.63, 3.8) is 0 Å². The molecule has 0 saturated carbocycles. The molecule has 0 aliphatic heterocycles. The summed E-state index contributed by atoms with van der Waals surface area (Å²) in [6.07, 6.45) is 3.55. The maximum absolute atomic E-state index is 12.0. The predicted octanol–water partition coefficient (Wildman–Crippen LogP) is 1.93. The van der Waals surface area contributed by atoms with Crippen molar-refractivity contribution < 1.29 is 24.1 Å². The number of carbonyl (C=O) groups is 1. The first-order chi connectivity index (χ1) is 12.3. The molecule has 0 N–H and O–H groups in total. The molecule has 0 radical (unpaired) electrons. The Labute approximate surface area is 153 Å². The van der Waals surface area contributed by atoms with E-state index in [1.54, 1.807) is 30.5 Å². The number of hydrogen-bond donors (Lipinski definition) is 1. The first-order valence-corrected chi connectivity index (χ1v) is 7.78. The summed E-state index contributed by atoms with van der Waals surface area (Å²) in [5.41, 5.74) is 1.15. The number of benzene rings is 1. The molecule has 0 bridgehead atoms. The minimum absolute atomic E-state index is 0.00549. The SMILES string of the molecule is O=C(OCc1ccc([N+](=O)[O-])cc1)c1ccc[n+](CCS)c1.O=[N+]([O-])[O-]. The Kier molecular flexibility index (Phi) is 8.50. The average Bonchev–Trinajstić information content (AvgIpc) is 2.60. The van der Waals surface area contributed by atoms with E-state index in [2.05, 4.69) is 12.6 Å². The highest BCUT2D eigenvalue weighted by Gasteiger charge is 2.12. The van der Waals surface area contributed by atoms with Crippen LogP contribution in [-0.2, 0) is 17.9 Å². The molecule has 2 rings (SSSR count).